The molecule has 1 heterocycles. The van der Waals surface area contributed by atoms with Crippen molar-refractivity contribution in [2.75, 3.05) is 0 Å². The van der Waals surface area contributed by atoms with Gasteiger partial charge in [-0.15, -0.1) is 5.06 Å². The lowest BCUT2D eigenvalue weighted by Gasteiger charge is -2.50. The highest BCUT2D eigenvalue weighted by atomic mass is 17.3. The third-order valence-electron chi connectivity index (χ3n) is 3.77. The maximum atomic E-state index is 12.0. The molecule has 0 aliphatic carbocycles. The number of aliphatic hydroxyl groups is 1. The van der Waals surface area contributed by atoms with Crippen LogP contribution in [0.4, 0.5) is 0 Å². The molecule has 21 heavy (non-hydrogen) atoms. The van der Waals surface area contributed by atoms with E-state index in [9.17, 15) is 9.90 Å². The van der Waals surface area contributed by atoms with Crippen LogP contribution in [0.3, 0.4) is 0 Å². The fraction of sp³-hybridized carbons (Fsp3) is 0.562. The molecule has 0 amide bonds. The molecule has 1 aromatic rings. The van der Waals surface area contributed by atoms with Crippen LogP contribution in [-0.2, 0) is 9.88 Å². The zero-order chi connectivity index (χ0) is 15.7. The van der Waals surface area contributed by atoms with Gasteiger partial charge in [0.15, 0.2) is 0 Å². The van der Waals surface area contributed by atoms with Gasteiger partial charge in [-0.3, -0.25) is 4.89 Å². The highest BCUT2D eigenvalue weighted by Gasteiger charge is 2.47. The van der Waals surface area contributed by atoms with Gasteiger partial charge < -0.3 is 5.11 Å². The molecular weight excluding hydrogens is 270 g/mol. The molecule has 0 atom stereocenters. The molecule has 0 unspecified atom stereocenters. The van der Waals surface area contributed by atoms with E-state index >= 15 is 0 Å². The zero-order valence-corrected chi connectivity index (χ0v) is 13.0. The fourth-order valence-electron chi connectivity index (χ4n) is 3.11. The van der Waals surface area contributed by atoms with E-state index in [1.807, 2.05) is 33.8 Å². The van der Waals surface area contributed by atoms with E-state index in [2.05, 4.69) is 0 Å². The fourth-order valence-corrected chi connectivity index (χ4v) is 3.11. The van der Waals surface area contributed by atoms with Gasteiger partial charge in [0, 0.05) is 11.1 Å². The largest absolute Gasteiger partial charge is 0.393 e. The Hall–Kier alpha value is -1.43. The molecule has 0 saturated carbocycles. The van der Waals surface area contributed by atoms with Gasteiger partial charge in [-0.1, -0.05) is 23.2 Å². The number of hydroxylamine groups is 2. The molecule has 0 bridgehead atoms. The summed E-state index contributed by atoms with van der Waals surface area (Å²) in [6, 6.07) is 8.70. The summed E-state index contributed by atoms with van der Waals surface area (Å²) in [6.07, 6.45) is 0.721. The smallest absolute Gasteiger partial charge is 0.375 e. The van der Waals surface area contributed by atoms with Crippen molar-refractivity contribution in [3.8, 4) is 0 Å². The summed E-state index contributed by atoms with van der Waals surface area (Å²) < 4.78 is 0. The number of carbonyl (C=O) groups is 1. The summed E-state index contributed by atoms with van der Waals surface area (Å²) in [5.74, 6) is -0.534. The van der Waals surface area contributed by atoms with Crippen LogP contribution in [0.1, 0.15) is 50.9 Å². The van der Waals surface area contributed by atoms with Crippen LogP contribution >= 0.6 is 0 Å². The lowest BCUT2D eigenvalue weighted by molar-refractivity contribution is -0.447. The highest BCUT2D eigenvalue weighted by molar-refractivity contribution is 5.88. The first-order chi connectivity index (χ1) is 9.72. The van der Waals surface area contributed by atoms with Gasteiger partial charge in [0.1, 0.15) is 0 Å². The topological polar surface area (TPSA) is 59.0 Å². The Morgan fingerprint density at radius 2 is 1.67 bits per heavy atom. The second-order valence-corrected chi connectivity index (χ2v) is 6.79. The quantitative estimate of drug-likeness (QED) is 0.686. The minimum absolute atomic E-state index is 0.389. The Bertz CT molecular complexity index is 480. The van der Waals surface area contributed by atoms with Crippen LogP contribution in [0.2, 0.25) is 0 Å². The van der Waals surface area contributed by atoms with Crippen molar-refractivity contribution in [1.82, 2.24) is 5.06 Å². The Morgan fingerprint density at radius 3 is 2.19 bits per heavy atom. The van der Waals surface area contributed by atoms with Gasteiger partial charge in [-0.2, -0.15) is 0 Å². The monoisotopic (exact) mass is 293 g/mol. The molecule has 5 nitrogen and oxygen atoms in total. The lowest BCUT2D eigenvalue weighted by Crippen LogP contribution is -2.61. The van der Waals surface area contributed by atoms with Crippen LogP contribution in [0.25, 0.3) is 0 Å². The Kier molecular flexibility index (Phi) is 4.37. The summed E-state index contributed by atoms with van der Waals surface area (Å²) in [5.41, 5.74) is -0.429. The molecule has 1 aliphatic heterocycles. The first-order valence-electron chi connectivity index (χ1n) is 7.15. The van der Waals surface area contributed by atoms with Crippen LogP contribution < -0.4 is 0 Å². The van der Waals surface area contributed by atoms with Gasteiger partial charge >= 0.3 is 5.97 Å². The number of aliphatic hydroxyl groups excluding tert-OH is 1. The van der Waals surface area contributed by atoms with Crippen molar-refractivity contribution >= 4 is 5.97 Å². The molecule has 0 radical (unpaired) electrons. The molecule has 1 saturated heterocycles. The standard InChI is InChI=1S/C16H23NO4/c1-15(2)10-13(18)11-16(3,4)17(15)21-20-14(19)12-8-6-5-7-9-12/h5-9,13,18H,10-11H2,1-4H3. The number of hydrogen-bond donors (Lipinski definition) is 1. The number of piperidine rings is 1. The van der Waals surface area contributed by atoms with E-state index in [0.717, 1.165) is 0 Å². The summed E-state index contributed by atoms with van der Waals surface area (Å²) >= 11 is 0. The maximum Gasteiger partial charge on any atom is 0.375 e. The van der Waals surface area contributed by atoms with Crippen molar-refractivity contribution in [1.29, 1.82) is 0 Å². The first-order valence-corrected chi connectivity index (χ1v) is 7.15. The third kappa shape index (κ3) is 3.61. The number of carbonyl (C=O) groups excluding carboxylic acids is 1. The Balaban J connectivity index is 2.05. The molecule has 1 N–H and O–H groups in total. The SMILES string of the molecule is CC1(C)CC(O)CC(C)(C)N1OOC(=O)c1ccccc1. The molecular formula is C16H23NO4. The van der Waals surface area contributed by atoms with Crippen molar-refractivity contribution < 1.29 is 19.8 Å². The third-order valence-corrected chi connectivity index (χ3v) is 3.77. The zero-order valence-electron chi connectivity index (χ0n) is 13.0. The molecule has 5 heteroatoms. The van der Waals surface area contributed by atoms with E-state index in [-0.39, 0.29) is 6.10 Å². The first kappa shape index (κ1) is 15.9. The predicted molar refractivity (Wildman–Crippen MR) is 78.2 cm³/mol. The molecule has 1 fully saturated rings. The van der Waals surface area contributed by atoms with Gasteiger partial charge in [-0.25, -0.2) is 4.79 Å². The van der Waals surface area contributed by atoms with Crippen molar-refractivity contribution in [3.05, 3.63) is 35.9 Å². The van der Waals surface area contributed by atoms with E-state index in [4.69, 9.17) is 9.88 Å². The number of rotatable bonds is 3. The second kappa shape index (κ2) is 5.75. The molecule has 0 spiro atoms. The second-order valence-electron chi connectivity index (χ2n) is 6.79. The maximum absolute atomic E-state index is 12.0. The van der Waals surface area contributed by atoms with E-state index in [0.29, 0.717) is 18.4 Å². The van der Waals surface area contributed by atoms with Crippen molar-refractivity contribution in [3.63, 3.8) is 0 Å². The predicted octanol–water partition coefficient (Wildman–Crippen LogP) is 2.70. The lowest BCUT2D eigenvalue weighted by atomic mass is 9.80. The summed E-state index contributed by atoms with van der Waals surface area (Å²) in [5, 5.41) is 11.6. The van der Waals surface area contributed by atoms with Crippen molar-refractivity contribution in [2.45, 2.75) is 57.7 Å². The van der Waals surface area contributed by atoms with Crippen LogP contribution in [0, 0.1) is 0 Å². The molecule has 1 aromatic carbocycles. The summed E-state index contributed by atoms with van der Waals surface area (Å²) in [7, 11) is 0. The summed E-state index contributed by atoms with van der Waals surface area (Å²) in [6.45, 7) is 7.81. The molecule has 1 aliphatic rings. The van der Waals surface area contributed by atoms with Gasteiger partial charge in [0.05, 0.1) is 11.7 Å². The van der Waals surface area contributed by atoms with Gasteiger partial charge in [0.25, 0.3) is 0 Å². The van der Waals surface area contributed by atoms with E-state index in [1.54, 1.807) is 29.3 Å². The average molecular weight is 293 g/mol. The van der Waals surface area contributed by atoms with Crippen LogP contribution in [-0.4, -0.2) is 33.3 Å². The number of hydrogen-bond acceptors (Lipinski definition) is 5. The molecule has 0 aromatic heterocycles. The van der Waals surface area contributed by atoms with E-state index in [1.165, 1.54) is 0 Å². The summed E-state index contributed by atoms with van der Waals surface area (Å²) in [4.78, 5) is 22.3. The van der Waals surface area contributed by atoms with Gasteiger partial charge in [-0.05, 0) is 52.7 Å². The Morgan fingerprint density at radius 1 is 1.14 bits per heavy atom. The molecule has 2 rings (SSSR count). The van der Waals surface area contributed by atoms with Crippen molar-refractivity contribution in [2.24, 2.45) is 0 Å². The van der Waals surface area contributed by atoms with Crippen LogP contribution in [0.5, 0.6) is 0 Å². The van der Waals surface area contributed by atoms with Gasteiger partial charge in [0.2, 0.25) is 0 Å². The highest BCUT2D eigenvalue weighted by Crippen LogP contribution is 2.38. The molecule has 116 valence electrons. The minimum atomic E-state index is -0.534. The van der Waals surface area contributed by atoms with E-state index < -0.39 is 17.0 Å². The number of benzene rings is 1. The van der Waals surface area contributed by atoms with Crippen LogP contribution in [0.15, 0.2) is 30.3 Å². The minimum Gasteiger partial charge on any atom is -0.393 e. The average Bonchev–Trinajstić information content (AvgIpc) is 2.36. The normalized spacial score (nSPS) is 22.0. The number of nitrogens with zero attached hydrogens (tertiary/aromatic N) is 1. The Labute approximate surface area is 125 Å².